The molecule has 5 rings (SSSR count). The number of aryl methyl sites for hydroxylation is 1. The predicted molar refractivity (Wildman–Crippen MR) is 139 cm³/mol. The van der Waals surface area contributed by atoms with Crippen LogP contribution in [-0.4, -0.2) is 48.9 Å². The van der Waals surface area contributed by atoms with E-state index in [4.69, 9.17) is 4.98 Å². The second kappa shape index (κ2) is 9.33. The Morgan fingerprint density at radius 2 is 1.86 bits per heavy atom. The number of carbonyl (C=O) groups is 1. The molecular formula is C28H32N6O2. The molecule has 3 heterocycles. The number of amides is 1. The van der Waals surface area contributed by atoms with Crippen LogP contribution in [0.4, 0.5) is 0 Å². The second-order valence-electron chi connectivity index (χ2n) is 10.7. The number of aromatic nitrogens is 5. The Morgan fingerprint density at radius 3 is 2.58 bits per heavy atom. The average molecular weight is 485 g/mol. The maximum Gasteiger partial charge on any atom is 0.281 e. The number of carbonyl (C=O) groups excluding carboxylic acids is 1. The molecule has 1 aliphatic heterocycles. The summed E-state index contributed by atoms with van der Waals surface area (Å²) in [6, 6.07) is 16.1. The van der Waals surface area contributed by atoms with Gasteiger partial charge in [0.1, 0.15) is 5.82 Å². The third-order valence-electron chi connectivity index (χ3n) is 7.02. The van der Waals surface area contributed by atoms with Crippen LogP contribution in [0.1, 0.15) is 72.4 Å². The molecule has 0 saturated carbocycles. The first-order chi connectivity index (χ1) is 17.2. The van der Waals surface area contributed by atoms with Gasteiger partial charge in [-0.2, -0.15) is 0 Å². The minimum Gasteiger partial charge on any atom is -0.338 e. The van der Waals surface area contributed by atoms with Gasteiger partial charge in [0.05, 0.1) is 6.54 Å². The Bertz CT molecular complexity index is 1460. The topological polar surface area (TPSA) is 96.8 Å². The van der Waals surface area contributed by atoms with Crippen LogP contribution in [0, 0.1) is 6.92 Å². The summed E-state index contributed by atoms with van der Waals surface area (Å²) in [6.45, 7) is 10.2. The van der Waals surface area contributed by atoms with Crippen molar-refractivity contribution in [3.63, 3.8) is 0 Å². The maximum absolute atomic E-state index is 13.2. The molecule has 0 aliphatic carbocycles. The third-order valence-corrected chi connectivity index (χ3v) is 7.02. The zero-order valence-corrected chi connectivity index (χ0v) is 21.3. The van der Waals surface area contributed by atoms with Crippen molar-refractivity contribution in [1.29, 1.82) is 0 Å². The summed E-state index contributed by atoms with van der Waals surface area (Å²) in [4.78, 5) is 35.6. The van der Waals surface area contributed by atoms with Crippen LogP contribution >= 0.6 is 0 Å². The Kier molecular flexibility index (Phi) is 6.20. The Labute approximate surface area is 210 Å². The first-order valence-electron chi connectivity index (χ1n) is 12.5. The van der Waals surface area contributed by atoms with E-state index in [0.717, 1.165) is 29.5 Å². The van der Waals surface area contributed by atoms with E-state index < -0.39 is 0 Å². The lowest BCUT2D eigenvalue weighted by Crippen LogP contribution is -2.40. The molecular weight excluding hydrogens is 452 g/mol. The molecule has 1 aliphatic rings. The SMILES string of the molecule is Cc1ccccc1C(=O)N1CCCC(c2nc3c(nnn3Cc3ccc(C(C)(C)C)cc3)c(=O)[nH]2)C1. The highest BCUT2D eigenvalue weighted by Gasteiger charge is 2.28. The molecule has 1 fully saturated rings. The minimum absolute atomic E-state index is 0.0200. The molecule has 1 atom stereocenters. The number of nitrogens with one attached hydrogen (secondary N) is 1. The van der Waals surface area contributed by atoms with Crippen molar-refractivity contribution in [2.75, 3.05) is 13.1 Å². The molecule has 1 unspecified atom stereocenters. The number of hydrogen-bond donors (Lipinski definition) is 1. The van der Waals surface area contributed by atoms with Crippen molar-refractivity contribution in [3.05, 3.63) is 87.0 Å². The highest BCUT2D eigenvalue weighted by atomic mass is 16.2. The number of rotatable bonds is 4. The molecule has 1 saturated heterocycles. The van der Waals surface area contributed by atoms with E-state index in [1.807, 2.05) is 36.1 Å². The van der Waals surface area contributed by atoms with Gasteiger partial charge in [-0.05, 0) is 47.9 Å². The molecule has 8 heteroatoms. The zero-order chi connectivity index (χ0) is 25.4. The molecule has 2 aromatic heterocycles. The van der Waals surface area contributed by atoms with Gasteiger partial charge in [-0.3, -0.25) is 9.59 Å². The number of fused-ring (bicyclic) bond motifs is 1. The lowest BCUT2D eigenvalue weighted by atomic mass is 9.87. The molecule has 0 radical (unpaired) electrons. The van der Waals surface area contributed by atoms with Crippen molar-refractivity contribution in [3.8, 4) is 0 Å². The number of piperidine rings is 1. The molecule has 0 spiro atoms. The highest BCUT2D eigenvalue weighted by molar-refractivity contribution is 5.95. The van der Waals surface area contributed by atoms with Crippen molar-refractivity contribution in [2.24, 2.45) is 0 Å². The van der Waals surface area contributed by atoms with E-state index >= 15 is 0 Å². The van der Waals surface area contributed by atoms with Crippen LogP contribution in [0.25, 0.3) is 11.2 Å². The third kappa shape index (κ3) is 4.67. The quantitative estimate of drug-likeness (QED) is 0.469. The molecule has 0 bridgehead atoms. The van der Waals surface area contributed by atoms with Crippen LogP contribution in [0.5, 0.6) is 0 Å². The lowest BCUT2D eigenvalue weighted by Gasteiger charge is -2.32. The first kappa shape index (κ1) is 23.9. The average Bonchev–Trinajstić information content (AvgIpc) is 3.27. The van der Waals surface area contributed by atoms with Gasteiger partial charge in [-0.1, -0.05) is 68.4 Å². The normalized spacial score (nSPS) is 16.4. The minimum atomic E-state index is -0.299. The van der Waals surface area contributed by atoms with E-state index in [2.05, 4.69) is 60.3 Å². The maximum atomic E-state index is 13.2. The molecule has 2 aromatic carbocycles. The fourth-order valence-electron chi connectivity index (χ4n) is 4.83. The Morgan fingerprint density at radius 1 is 1.11 bits per heavy atom. The lowest BCUT2D eigenvalue weighted by molar-refractivity contribution is 0.0704. The molecule has 36 heavy (non-hydrogen) atoms. The number of benzene rings is 2. The number of hydrogen-bond acceptors (Lipinski definition) is 5. The van der Waals surface area contributed by atoms with Crippen LogP contribution in [0.15, 0.2) is 53.3 Å². The molecule has 186 valence electrons. The van der Waals surface area contributed by atoms with Gasteiger partial charge in [0.2, 0.25) is 0 Å². The van der Waals surface area contributed by atoms with Gasteiger partial charge < -0.3 is 9.88 Å². The van der Waals surface area contributed by atoms with Crippen LogP contribution < -0.4 is 5.56 Å². The molecule has 8 nitrogen and oxygen atoms in total. The van der Waals surface area contributed by atoms with Gasteiger partial charge in [0, 0.05) is 24.6 Å². The van der Waals surface area contributed by atoms with Crippen molar-refractivity contribution in [2.45, 2.75) is 58.4 Å². The second-order valence-corrected chi connectivity index (χ2v) is 10.7. The van der Waals surface area contributed by atoms with Gasteiger partial charge in [0.15, 0.2) is 11.2 Å². The Balaban J connectivity index is 1.40. The largest absolute Gasteiger partial charge is 0.338 e. The fourth-order valence-corrected chi connectivity index (χ4v) is 4.83. The van der Waals surface area contributed by atoms with E-state index in [-0.39, 0.29) is 28.3 Å². The van der Waals surface area contributed by atoms with Crippen molar-refractivity contribution in [1.82, 2.24) is 29.9 Å². The monoisotopic (exact) mass is 484 g/mol. The number of likely N-dealkylation sites (tertiary alicyclic amines) is 1. The van der Waals surface area contributed by atoms with Gasteiger partial charge >= 0.3 is 0 Å². The van der Waals surface area contributed by atoms with E-state index in [1.165, 1.54) is 5.56 Å². The van der Waals surface area contributed by atoms with Crippen molar-refractivity contribution >= 4 is 17.1 Å². The summed E-state index contributed by atoms with van der Waals surface area (Å²) < 4.78 is 1.68. The van der Waals surface area contributed by atoms with E-state index in [0.29, 0.717) is 31.1 Å². The molecule has 1 amide bonds. The number of aromatic amines is 1. The number of H-pyrrole nitrogens is 1. The highest BCUT2D eigenvalue weighted by Crippen LogP contribution is 2.27. The summed E-state index contributed by atoms with van der Waals surface area (Å²) in [6.07, 6.45) is 1.70. The fraction of sp³-hybridized carbons (Fsp3) is 0.393. The smallest absolute Gasteiger partial charge is 0.281 e. The summed E-state index contributed by atoms with van der Waals surface area (Å²) in [5, 5.41) is 8.31. The summed E-state index contributed by atoms with van der Waals surface area (Å²) in [7, 11) is 0. The molecule has 1 N–H and O–H groups in total. The predicted octanol–water partition coefficient (Wildman–Crippen LogP) is 4.19. The van der Waals surface area contributed by atoms with Crippen LogP contribution in [-0.2, 0) is 12.0 Å². The zero-order valence-electron chi connectivity index (χ0n) is 21.3. The summed E-state index contributed by atoms with van der Waals surface area (Å²) in [5.41, 5.74) is 4.48. The standard InChI is InChI=1S/C28H32N6O2/c1-18-8-5-6-10-22(18)27(36)33-15-7-9-20(17-33)24-29-25-23(26(35)30-24)31-32-34(25)16-19-11-13-21(14-12-19)28(2,3)4/h5-6,8,10-14,20H,7,9,15-17H2,1-4H3,(H,29,30,35). The van der Waals surface area contributed by atoms with E-state index in [9.17, 15) is 9.59 Å². The molecule has 4 aromatic rings. The van der Waals surface area contributed by atoms with Crippen molar-refractivity contribution < 1.29 is 4.79 Å². The summed E-state index contributed by atoms with van der Waals surface area (Å²) >= 11 is 0. The van der Waals surface area contributed by atoms with E-state index in [1.54, 1.807) is 4.68 Å². The number of nitrogens with zero attached hydrogens (tertiary/aromatic N) is 5. The first-order valence-corrected chi connectivity index (χ1v) is 12.5. The van der Waals surface area contributed by atoms with Crippen LogP contribution in [0.3, 0.4) is 0 Å². The Hall–Kier alpha value is -3.81. The summed E-state index contributed by atoms with van der Waals surface area (Å²) in [5.74, 6) is 0.547. The van der Waals surface area contributed by atoms with Gasteiger partial charge in [0.25, 0.3) is 11.5 Å². The van der Waals surface area contributed by atoms with Gasteiger partial charge in [-0.15, -0.1) is 5.10 Å². The van der Waals surface area contributed by atoms with Crippen LogP contribution in [0.2, 0.25) is 0 Å². The van der Waals surface area contributed by atoms with Gasteiger partial charge in [-0.25, -0.2) is 9.67 Å².